The molecule has 0 radical (unpaired) electrons. The van der Waals surface area contributed by atoms with Crippen LogP contribution in [-0.4, -0.2) is 4.57 Å². The molecule has 1 aliphatic heterocycles. The van der Waals surface area contributed by atoms with E-state index in [9.17, 15) is 0 Å². The van der Waals surface area contributed by atoms with E-state index in [2.05, 4.69) is 39.7 Å². The summed E-state index contributed by atoms with van der Waals surface area (Å²) in [5.74, 6) is 1.84. The van der Waals surface area contributed by atoms with Gasteiger partial charge in [-0.2, -0.15) is 0 Å². The zero-order valence-corrected chi connectivity index (χ0v) is 12.5. The summed E-state index contributed by atoms with van der Waals surface area (Å²) in [6, 6.07) is 15.1. The SMILES string of the molecule is [c-]1n(C2CCCCC2)c2cccc3c2[n+]1-c1ccccc1O3. The average molecular weight is 290 g/mol. The number of nitrogens with zero attached hydrogens (tertiary/aromatic N) is 2. The van der Waals surface area contributed by atoms with Crippen LogP contribution in [0.4, 0.5) is 0 Å². The van der Waals surface area contributed by atoms with Crippen molar-refractivity contribution in [3.05, 3.63) is 48.8 Å². The van der Waals surface area contributed by atoms with Gasteiger partial charge >= 0.3 is 0 Å². The summed E-state index contributed by atoms with van der Waals surface area (Å²) in [5.41, 5.74) is 3.46. The van der Waals surface area contributed by atoms with Gasteiger partial charge in [0.1, 0.15) is 11.5 Å². The van der Waals surface area contributed by atoms with Crippen molar-refractivity contribution in [2.45, 2.75) is 38.1 Å². The maximum absolute atomic E-state index is 6.10. The quantitative estimate of drug-likeness (QED) is 0.377. The molecule has 1 aliphatic carbocycles. The molecule has 1 aromatic heterocycles. The number of hydrogen-bond donors (Lipinski definition) is 0. The third-order valence-corrected chi connectivity index (χ3v) is 4.93. The summed E-state index contributed by atoms with van der Waals surface area (Å²) in [4.78, 5) is 0. The molecule has 110 valence electrons. The van der Waals surface area contributed by atoms with Crippen molar-refractivity contribution < 1.29 is 9.30 Å². The second-order valence-electron chi connectivity index (χ2n) is 6.29. The Hall–Kier alpha value is -2.29. The Morgan fingerprint density at radius 3 is 2.68 bits per heavy atom. The highest BCUT2D eigenvalue weighted by molar-refractivity contribution is 5.81. The number of imidazole rings is 1. The van der Waals surface area contributed by atoms with Crippen molar-refractivity contribution in [3.8, 4) is 17.2 Å². The van der Waals surface area contributed by atoms with Crippen LogP contribution in [0.2, 0.25) is 0 Å². The van der Waals surface area contributed by atoms with E-state index in [1.807, 2.05) is 18.2 Å². The highest BCUT2D eigenvalue weighted by Crippen LogP contribution is 2.38. The summed E-state index contributed by atoms with van der Waals surface area (Å²) >= 11 is 0. The van der Waals surface area contributed by atoms with Crippen LogP contribution in [0.15, 0.2) is 42.5 Å². The molecule has 0 spiro atoms. The van der Waals surface area contributed by atoms with Gasteiger partial charge in [0.2, 0.25) is 6.33 Å². The molecule has 3 nitrogen and oxygen atoms in total. The molecule has 1 saturated carbocycles. The Kier molecular flexibility index (Phi) is 2.57. The first kappa shape index (κ1) is 12.3. The summed E-state index contributed by atoms with van der Waals surface area (Å²) < 4.78 is 10.6. The molecular weight excluding hydrogens is 272 g/mol. The fraction of sp³-hybridized carbons (Fsp3) is 0.316. The first-order valence-electron chi connectivity index (χ1n) is 8.17. The van der Waals surface area contributed by atoms with E-state index in [0.717, 1.165) is 22.7 Å². The van der Waals surface area contributed by atoms with Crippen LogP contribution in [0.1, 0.15) is 38.1 Å². The third-order valence-electron chi connectivity index (χ3n) is 4.93. The molecule has 0 atom stereocenters. The van der Waals surface area contributed by atoms with Gasteiger partial charge in [-0.15, -0.1) is 0 Å². The minimum absolute atomic E-state index is 0.568. The Labute approximate surface area is 129 Å². The van der Waals surface area contributed by atoms with Gasteiger partial charge in [-0.1, -0.05) is 36.8 Å². The van der Waals surface area contributed by atoms with E-state index in [1.165, 1.54) is 37.6 Å². The van der Waals surface area contributed by atoms with Gasteiger partial charge in [-0.25, -0.2) is 0 Å². The first-order chi connectivity index (χ1) is 10.9. The zero-order chi connectivity index (χ0) is 14.5. The van der Waals surface area contributed by atoms with Crippen molar-refractivity contribution >= 4 is 11.0 Å². The van der Waals surface area contributed by atoms with Gasteiger partial charge in [-0.3, -0.25) is 0 Å². The fourth-order valence-corrected chi connectivity index (χ4v) is 3.86. The smallest absolute Gasteiger partial charge is 0.244 e. The van der Waals surface area contributed by atoms with Crippen LogP contribution in [-0.2, 0) is 0 Å². The second-order valence-corrected chi connectivity index (χ2v) is 6.29. The normalized spacial score (nSPS) is 17.3. The molecule has 22 heavy (non-hydrogen) atoms. The lowest BCUT2D eigenvalue weighted by Gasteiger charge is -2.21. The van der Waals surface area contributed by atoms with Gasteiger partial charge in [0.15, 0.2) is 0 Å². The molecule has 2 aliphatic rings. The monoisotopic (exact) mass is 290 g/mol. The lowest BCUT2D eigenvalue weighted by molar-refractivity contribution is -0.576. The van der Waals surface area contributed by atoms with Gasteiger partial charge in [0.05, 0.1) is 22.8 Å². The van der Waals surface area contributed by atoms with Crippen LogP contribution in [0.3, 0.4) is 0 Å². The molecule has 0 N–H and O–H groups in total. The van der Waals surface area contributed by atoms with Crippen LogP contribution in [0, 0.1) is 6.33 Å². The van der Waals surface area contributed by atoms with Gasteiger partial charge in [0.25, 0.3) is 0 Å². The minimum Gasteiger partial charge on any atom is -0.469 e. The number of para-hydroxylation sites is 3. The van der Waals surface area contributed by atoms with Crippen molar-refractivity contribution in [2.75, 3.05) is 0 Å². The van der Waals surface area contributed by atoms with Crippen molar-refractivity contribution in [2.24, 2.45) is 0 Å². The molecule has 0 saturated heterocycles. The highest BCUT2D eigenvalue weighted by atomic mass is 16.5. The fourth-order valence-electron chi connectivity index (χ4n) is 3.86. The summed E-state index contributed by atoms with van der Waals surface area (Å²) in [5, 5.41) is 0. The Bertz CT molecular complexity index is 859. The van der Waals surface area contributed by atoms with E-state index in [1.54, 1.807) is 0 Å². The molecule has 0 bridgehead atoms. The number of rotatable bonds is 1. The molecule has 0 unspecified atom stereocenters. The van der Waals surface area contributed by atoms with E-state index < -0.39 is 0 Å². The van der Waals surface area contributed by atoms with E-state index in [-0.39, 0.29) is 0 Å². The van der Waals surface area contributed by atoms with Gasteiger partial charge < -0.3 is 13.9 Å². The molecule has 5 rings (SSSR count). The Balaban J connectivity index is 1.78. The minimum atomic E-state index is 0.568. The van der Waals surface area contributed by atoms with Crippen LogP contribution < -0.4 is 9.30 Å². The Morgan fingerprint density at radius 2 is 1.77 bits per heavy atom. The van der Waals surface area contributed by atoms with E-state index >= 15 is 0 Å². The summed E-state index contributed by atoms with van der Waals surface area (Å²) in [6.07, 6.45) is 10.1. The average Bonchev–Trinajstić information content (AvgIpc) is 2.98. The Morgan fingerprint density at radius 1 is 0.955 bits per heavy atom. The molecule has 2 heterocycles. The molecule has 1 fully saturated rings. The largest absolute Gasteiger partial charge is 0.469 e. The number of benzene rings is 2. The van der Waals surface area contributed by atoms with Gasteiger partial charge in [0, 0.05) is 0 Å². The lowest BCUT2D eigenvalue weighted by Crippen LogP contribution is -2.33. The number of fused-ring (bicyclic) bond motifs is 2. The van der Waals surface area contributed by atoms with E-state index in [0.29, 0.717) is 6.04 Å². The predicted molar refractivity (Wildman–Crippen MR) is 84.5 cm³/mol. The third kappa shape index (κ3) is 1.65. The zero-order valence-electron chi connectivity index (χ0n) is 12.5. The molecular formula is C19H18N2O. The molecule has 3 heteroatoms. The molecule has 0 amide bonds. The maximum Gasteiger partial charge on any atom is 0.244 e. The summed E-state index contributed by atoms with van der Waals surface area (Å²) in [7, 11) is 0. The highest BCUT2D eigenvalue weighted by Gasteiger charge is 2.25. The lowest BCUT2D eigenvalue weighted by atomic mass is 9.95. The summed E-state index contributed by atoms with van der Waals surface area (Å²) in [6.45, 7) is 0. The predicted octanol–water partition coefficient (Wildman–Crippen LogP) is 4.33. The molecule has 2 aromatic carbocycles. The second kappa shape index (κ2) is 4.60. The standard InChI is InChI=1S/C19H18N2O/c1-2-7-14(8-3-1)20-13-21-15-9-4-5-11-17(15)22-18-12-6-10-16(20)19(18)21/h4-6,9-12,14H,1-3,7-8H2. The number of ether oxygens (including phenoxy) is 1. The van der Waals surface area contributed by atoms with Crippen molar-refractivity contribution in [1.82, 2.24) is 4.57 Å². The van der Waals surface area contributed by atoms with Gasteiger partial charge in [-0.05, 0) is 37.8 Å². The molecule has 3 aromatic rings. The van der Waals surface area contributed by atoms with Crippen LogP contribution >= 0.6 is 0 Å². The maximum atomic E-state index is 6.10. The van der Waals surface area contributed by atoms with E-state index in [4.69, 9.17) is 4.74 Å². The van der Waals surface area contributed by atoms with Crippen molar-refractivity contribution in [1.29, 1.82) is 0 Å². The number of aromatic nitrogens is 2. The van der Waals surface area contributed by atoms with Crippen LogP contribution in [0.25, 0.3) is 16.7 Å². The van der Waals surface area contributed by atoms with Crippen molar-refractivity contribution in [3.63, 3.8) is 0 Å². The number of hydrogen-bond acceptors (Lipinski definition) is 1. The first-order valence-corrected chi connectivity index (χ1v) is 8.17. The topological polar surface area (TPSA) is 18.0 Å². The van der Waals surface area contributed by atoms with Crippen LogP contribution in [0.5, 0.6) is 11.5 Å².